The Hall–Kier alpha value is -1.83. The number of nitrogens with one attached hydrogen (secondary N) is 2. The lowest BCUT2D eigenvalue weighted by Crippen LogP contribution is -2.43. The van der Waals surface area contributed by atoms with Gasteiger partial charge >= 0.3 is 6.09 Å². The first-order valence-corrected chi connectivity index (χ1v) is 10.4. The fraction of sp³-hybridized carbons (Fsp3) is 0.737. The number of aryl methyl sites for hydroxylation is 1. The van der Waals surface area contributed by atoms with Crippen molar-refractivity contribution < 1.29 is 9.53 Å². The maximum absolute atomic E-state index is 12.1. The molecule has 0 saturated heterocycles. The molecule has 27 heavy (non-hydrogen) atoms. The number of thiazole rings is 1. The molecule has 1 unspecified atom stereocenters. The van der Waals surface area contributed by atoms with Gasteiger partial charge in [0.05, 0.1) is 29.8 Å². The van der Waals surface area contributed by atoms with E-state index in [2.05, 4.69) is 32.8 Å². The highest BCUT2D eigenvalue weighted by Gasteiger charge is 2.19. The van der Waals surface area contributed by atoms with Crippen LogP contribution >= 0.6 is 11.3 Å². The normalized spacial score (nSPS) is 13.2. The van der Waals surface area contributed by atoms with E-state index in [9.17, 15) is 4.79 Å². The van der Waals surface area contributed by atoms with E-state index in [1.165, 1.54) is 0 Å². The lowest BCUT2D eigenvalue weighted by molar-refractivity contribution is 0.0503. The Labute approximate surface area is 167 Å². The quantitative estimate of drug-likeness (QED) is 0.518. The van der Waals surface area contributed by atoms with E-state index in [0.717, 1.165) is 36.0 Å². The zero-order valence-electron chi connectivity index (χ0n) is 17.8. The monoisotopic (exact) mass is 397 g/mol. The number of aromatic nitrogens is 1. The summed E-state index contributed by atoms with van der Waals surface area (Å²) in [5, 5.41) is 9.37. The maximum Gasteiger partial charge on any atom is 0.407 e. The van der Waals surface area contributed by atoms with Crippen LogP contribution < -0.4 is 10.6 Å². The first kappa shape index (κ1) is 23.2. The van der Waals surface area contributed by atoms with Crippen molar-refractivity contribution in [3.63, 3.8) is 0 Å². The summed E-state index contributed by atoms with van der Waals surface area (Å²) in [5.41, 5.74) is 0.521. The number of aliphatic imine (C=N–C) groups is 1. The summed E-state index contributed by atoms with van der Waals surface area (Å²) in [5.74, 6) is 0.801. The number of nitrogens with zero attached hydrogens (tertiary/aromatic N) is 3. The smallest absolute Gasteiger partial charge is 0.407 e. The van der Waals surface area contributed by atoms with Gasteiger partial charge in [-0.25, -0.2) is 9.78 Å². The Morgan fingerprint density at radius 1 is 1.41 bits per heavy atom. The summed E-state index contributed by atoms with van der Waals surface area (Å²) in [6, 6.07) is -0.0616. The van der Waals surface area contributed by atoms with E-state index in [1.807, 2.05) is 41.7 Å². The molecule has 7 nitrogen and oxygen atoms in total. The lowest BCUT2D eigenvalue weighted by Gasteiger charge is -2.24. The van der Waals surface area contributed by atoms with Gasteiger partial charge in [0.2, 0.25) is 0 Å². The number of carbonyl (C=O) groups is 1. The van der Waals surface area contributed by atoms with Crippen LogP contribution in [0.4, 0.5) is 4.79 Å². The van der Waals surface area contributed by atoms with Crippen molar-refractivity contribution in [3.05, 3.63) is 16.1 Å². The zero-order valence-corrected chi connectivity index (χ0v) is 18.6. The van der Waals surface area contributed by atoms with Gasteiger partial charge in [-0.2, -0.15) is 0 Å². The number of hydrogen-bond donors (Lipinski definition) is 2. The Kier molecular flexibility index (Phi) is 9.55. The highest BCUT2D eigenvalue weighted by molar-refractivity contribution is 7.09. The summed E-state index contributed by atoms with van der Waals surface area (Å²) in [6.07, 6.45) is 1.41. The number of rotatable bonds is 8. The number of carbonyl (C=O) groups excluding carboxylic acids is 1. The standard InChI is InChI=1S/C19H35N5O2S/c1-8-10-15(23-18(25)26-19(4,5)6)11-21-17(20-9-2)24(7)12-16-13-27-14(3)22-16/h13,15H,8-12H2,1-7H3,(H,20,21)(H,23,25). The minimum atomic E-state index is -0.509. The molecule has 0 spiro atoms. The van der Waals surface area contributed by atoms with Crippen LogP contribution in [0.2, 0.25) is 0 Å². The second-order valence-corrected chi connectivity index (χ2v) is 8.60. The molecule has 0 fully saturated rings. The number of hydrogen-bond acceptors (Lipinski definition) is 5. The van der Waals surface area contributed by atoms with E-state index >= 15 is 0 Å². The molecular formula is C19H35N5O2S. The zero-order chi connectivity index (χ0) is 20.4. The van der Waals surface area contributed by atoms with Crippen molar-refractivity contribution in [1.82, 2.24) is 20.5 Å². The van der Waals surface area contributed by atoms with Crippen molar-refractivity contribution >= 4 is 23.4 Å². The molecule has 1 heterocycles. The van der Waals surface area contributed by atoms with Gasteiger partial charge in [0.15, 0.2) is 5.96 Å². The second-order valence-electron chi connectivity index (χ2n) is 7.54. The molecule has 0 radical (unpaired) electrons. The van der Waals surface area contributed by atoms with Crippen LogP contribution in [0.15, 0.2) is 10.4 Å². The van der Waals surface area contributed by atoms with Gasteiger partial charge < -0.3 is 20.3 Å². The summed E-state index contributed by atoms with van der Waals surface area (Å²) in [7, 11) is 1.99. The number of guanidine groups is 1. The molecule has 8 heteroatoms. The molecule has 1 aromatic rings. The van der Waals surface area contributed by atoms with Gasteiger partial charge in [-0.1, -0.05) is 13.3 Å². The molecule has 1 atom stereocenters. The second kappa shape index (κ2) is 11.1. The van der Waals surface area contributed by atoms with Crippen molar-refractivity contribution in [2.45, 2.75) is 72.6 Å². The van der Waals surface area contributed by atoms with Crippen molar-refractivity contribution in [2.75, 3.05) is 20.1 Å². The molecule has 1 aromatic heterocycles. The predicted octanol–water partition coefficient (Wildman–Crippen LogP) is 3.54. The molecule has 1 amide bonds. The average Bonchev–Trinajstić information content (AvgIpc) is 2.94. The van der Waals surface area contributed by atoms with E-state index in [0.29, 0.717) is 13.1 Å². The molecule has 0 bridgehead atoms. The van der Waals surface area contributed by atoms with Crippen LogP contribution in [0.3, 0.4) is 0 Å². The molecule has 1 rings (SSSR count). The molecular weight excluding hydrogens is 362 g/mol. The van der Waals surface area contributed by atoms with Gasteiger partial charge in [-0.05, 0) is 41.0 Å². The average molecular weight is 398 g/mol. The first-order valence-electron chi connectivity index (χ1n) is 9.54. The molecule has 0 saturated carbocycles. The van der Waals surface area contributed by atoms with Crippen LogP contribution in [0, 0.1) is 6.92 Å². The number of ether oxygens (including phenoxy) is 1. The molecule has 0 aromatic carbocycles. The van der Waals surface area contributed by atoms with Crippen molar-refractivity contribution in [2.24, 2.45) is 4.99 Å². The molecule has 0 aliphatic rings. The summed E-state index contributed by atoms with van der Waals surface area (Å²) in [4.78, 5) is 23.4. The Morgan fingerprint density at radius 2 is 2.11 bits per heavy atom. The Balaban J connectivity index is 2.74. The highest BCUT2D eigenvalue weighted by atomic mass is 32.1. The molecule has 154 valence electrons. The summed E-state index contributed by atoms with van der Waals surface area (Å²) in [6.45, 7) is 13.7. The Morgan fingerprint density at radius 3 is 2.63 bits per heavy atom. The predicted molar refractivity (Wildman–Crippen MR) is 112 cm³/mol. The lowest BCUT2D eigenvalue weighted by atomic mass is 10.1. The SMILES string of the molecule is CCCC(CN=C(NCC)N(C)Cc1csc(C)n1)NC(=O)OC(C)(C)C. The largest absolute Gasteiger partial charge is 0.444 e. The third-order valence-corrected chi connectivity index (χ3v) is 4.40. The topological polar surface area (TPSA) is 78.9 Å². The minimum Gasteiger partial charge on any atom is -0.444 e. The third kappa shape index (κ3) is 9.60. The maximum atomic E-state index is 12.1. The molecule has 0 aliphatic heterocycles. The van der Waals surface area contributed by atoms with Crippen LogP contribution in [-0.2, 0) is 11.3 Å². The van der Waals surface area contributed by atoms with E-state index in [1.54, 1.807) is 11.3 Å². The minimum absolute atomic E-state index is 0.0616. The van der Waals surface area contributed by atoms with Crippen LogP contribution in [0.25, 0.3) is 0 Å². The van der Waals surface area contributed by atoms with E-state index in [4.69, 9.17) is 9.73 Å². The number of amides is 1. The van der Waals surface area contributed by atoms with E-state index < -0.39 is 11.7 Å². The fourth-order valence-electron chi connectivity index (χ4n) is 2.50. The molecule has 2 N–H and O–H groups in total. The van der Waals surface area contributed by atoms with Crippen molar-refractivity contribution in [3.8, 4) is 0 Å². The van der Waals surface area contributed by atoms with Gasteiger partial charge in [0, 0.05) is 19.0 Å². The van der Waals surface area contributed by atoms with Gasteiger partial charge in [-0.3, -0.25) is 4.99 Å². The van der Waals surface area contributed by atoms with Crippen LogP contribution in [0.1, 0.15) is 58.2 Å². The van der Waals surface area contributed by atoms with Gasteiger partial charge in [-0.15, -0.1) is 11.3 Å². The van der Waals surface area contributed by atoms with Gasteiger partial charge in [0.1, 0.15) is 5.60 Å². The van der Waals surface area contributed by atoms with Crippen LogP contribution in [-0.4, -0.2) is 53.7 Å². The summed E-state index contributed by atoms with van der Waals surface area (Å²) < 4.78 is 5.37. The molecule has 0 aliphatic carbocycles. The van der Waals surface area contributed by atoms with Gasteiger partial charge in [0.25, 0.3) is 0 Å². The third-order valence-electron chi connectivity index (χ3n) is 3.58. The van der Waals surface area contributed by atoms with Crippen LogP contribution in [0.5, 0.6) is 0 Å². The summed E-state index contributed by atoms with van der Waals surface area (Å²) >= 11 is 1.65. The van der Waals surface area contributed by atoms with Crippen molar-refractivity contribution in [1.29, 1.82) is 0 Å². The van der Waals surface area contributed by atoms with E-state index in [-0.39, 0.29) is 6.04 Å². The fourth-order valence-corrected chi connectivity index (χ4v) is 3.10. The Bertz CT molecular complexity index is 609. The first-order chi connectivity index (χ1) is 12.6. The number of alkyl carbamates (subject to hydrolysis) is 1. The highest BCUT2D eigenvalue weighted by Crippen LogP contribution is 2.10.